The molecule has 2 N–H and O–H groups in total. The normalized spacial score (nSPS) is 20.4. The number of ether oxygens (including phenoxy) is 1. The third kappa shape index (κ3) is 5.41. The molecule has 0 aliphatic heterocycles. The number of amides is 2. The van der Waals surface area contributed by atoms with Crippen LogP contribution in [-0.4, -0.2) is 39.3 Å². The molecular weight excluding hydrogens is 536 g/mol. The molecule has 2 saturated carbocycles. The maximum Gasteiger partial charge on any atom is 0.250 e. The average molecular weight is 579 g/mol. The van der Waals surface area contributed by atoms with E-state index in [4.69, 9.17) is 4.74 Å². The van der Waals surface area contributed by atoms with Crippen molar-refractivity contribution in [3.8, 4) is 5.75 Å². The van der Waals surface area contributed by atoms with Gasteiger partial charge in [-0.1, -0.05) is 57.4 Å². The first-order chi connectivity index (χ1) is 20.7. The van der Waals surface area contributed by atoms with E-state index in [0.29, 0.717) is 31.5 Å². The minimum atomic E-state index is -0.934. The third-order valence-electron chi connectivity index (χ3n) is 10.0. The summed E-state index contributed by atoms with van der Waals surface area (Å²) in [4.78, 5) is 38.7. The number of benzene rings is 2. The standard InChI is InChI=1S/C36H42N4O3/c1-24-32(28-12-6-7-13-30(28)38-24)33-29(35(33,2)3)21-31(41)40(23-25-11-10-20-37-22-25)36(18-8-5-9-19-36)34(42)39-26-14-16-27(43-4)17-15-26/h6-7,10-17,20,22,29,33,38H,5,8-9,18-19,21,23H2,1-4H3,(H,39,42)/t29-,33+/m0/s1. The maximum absolute atomic E-state index is 14.6. The van der Waals surface area contributed by atoms with Crippen LogP contribution in [0, 0.1) is 18.3 Å². The largest absolute Gasteiger partial charge is 0.497 e. The van der Waals surface area contributed by atoms with Crippen molar-refractivity contribution in [3.63, 3.8) is 0 Å². The Balaban J connectivity index is 1.32. The highest BCUT2D eigenvalue weighted by atomic mass is 16.5. The number of hydrogen-bond donors (Lipinski definition) is 2. The molecule has 0 spiro atoms. The second-order valence-electron chi connectivity index (χ2n) is 12.9. The van der Waals surface area contributed by atoms with E-state index in [9.17, 15) is 9.59 Å². The van der Waals surface area contributed by atoms with Gasteiger partial charge in [0.1, 0.15) is 11.3 Å². The van der Waals surface area contributed by atoms with Crippen LogP contribution in [0.4, 0.5) is 5.69 Å². The van der Waals surface area contributed by atoms with E-state index in [1.807, 2.05) is 41.3 Å². The number of aromatic nitrogens is 2. The van der Waals surface area contributed by atoms with E-state index in [1.165, 1.54) is 16.6 Å². The van der Waals surface area contributed by atoms with Gasteiger partial charge in [0, 0.05) is 47.6 Å². The highest BCUT2D eigenvalue weighted by molar-refractivity contribution is 6.01. The lowest BCUT2D eigenvalue weighted by atomic mass is 9.78. The van der Waals surface area contributed by atoms with Gasteiger partial charge in [0.05, 0.1) is 7.11 Å². The van der Waals surface area contributed by atoms with Gasteiger partial charge < -0.3 is 19.9 Å². The van der Waals surface area contributed by atoms with Gasteiger partial charge in [0.15, 0.2) is 0 Å². The molecule has 2 aliphatic carbocycles. The lowest BCUT2D eigenvalue weighted by molar-refractivity contribution is -0.149. The highest BCUT2D eigenvalue weighted by Crippen LogP contribution is 2.67. The van der Waals surface area contributed by atoms with E-state index in [0.717, 1.165) is 36.1 Å². The summed E-state index contributed by atoms with van der Waals surface area (Å²) in [6, 6.07) is 19.7. The number of anilines is 1. The Hall–Kier alpha value is -4.13. The van der Waals surface area contributed by atoms with Gasteiger partial charge >= 0.3 is 0 Å². The van der Waals surface area contributed by atoms with Gasteiger partial charge in [-0.15, -0.1) is 0 Å². The lowest BCUT2D eigenvalue weighted by Gasteiger charge is -2.45. The van der Waals surface area contributed by atoms with E-state index < -0.39 is 5.54 Å². The molecule has 43 heavy (non-hydrogen) atoms. The van der Waals surface area contributed by atoms with Crippen molar-refractivity contribution in [2.24, 2.45) is 11.3 Å². The molecule has 0 saturated heterocycles. The molecule has 4 aromatic rings. The molecule has 2 aliphatic rings. The number of nitrogens with zero attached hydrogens (tertiary/aromatic N) is 2. The number of methoxy groups -OCH3 is 1. The topological polar surface area (TPSA) is 87.3 Å². The number of hydrogen-bond acceptors (Lipinski definition) is 4. The number of fused-ring (bicyclic) bond motifs is 1. The first-order valence-electron chi connectivity index (χ1n) is 15.5. The molecule has 0 bridgehead atoms. The highest BCUT2D eigenvalue weighted by Gasteiger charge is 2.60. The fraction of sp³-hybridized carbons (Fsp3) is 0.417. The molecule has 2 aromatic carbocycles. The predicted octanol–water partition coefficient (Wildman–Crippen LogP) is 7.38. The van der Waals surface area contributed by atoms with Crippen LogP contribution in [0.2, 0.25) is 0 Å². The number of rotatable bonds is 9. The number of aryl methyl sites for hydroxylation is 1. The number of carbonyl (C=O) groups is 2. The summed E-state index contributed by atoms with van der Waals surface area (Å²) < 4.78 is 5.30. The Morgan fingerprint density at radius 3 is 2.47 bits per heavy atom. The van der Waals surface area contributed by atoms with E-state index in [-0.39, 0.29) is 29.1 Å². The predicted molar refractivity (Wildman–Crippen MR) is 170 cm³/mol. The number of para-hydroxylation sites is 1. The summed E-state index contributed by atoms with van der Waals surface area (Å²) in [6.45, 7) is 7.04. The SMILES string of the molecule is COc1ccc(NC(=O)C2(N(Cc3cccnc3)C(=O)C[C@H]3[C@H](c4c(C)[nH]c5ccccc45)C3(C)C)CCCCC2)cc1. The van der Waals surface area contributed by atoms with Crippen molar-refractivity contribution >= 4 is 28.4 Å². The van der Waals surface area contributed by atoms with Gasteiger partial charge in [-0.3, -0.25) is 14.6 Å². The molecule has 2 aromatic heterocycles. The number of nitrogens with one attached hydrogen (secondary N) is 2. The first-order valence-corrected chi connectivity index (χ1v) is 15.5. The van der Waals surface area contributed by atoms with Gasteiger partial charge in [0.2, 0.25) is 11.8 Å². The minimum Gasteiger partial charge on any atom is -0.497 e. The van der Waals surface area contributed by atoms with Crippen LogP contribution in [0.15, 0.2) is 73.1 Å². The zero-order valence-electron chi connectivity index (χ0n) is 25.7. The van der Waals surface area contributed by atoms with Crippen LogP contribution in [0.3, 0.4) is 0 Å². The van der Waals surface area contributed by atoms with Gasteiger partial charge in [-0.25, -0.2) is 0 Å². The summed E-state index contributed by atoms with van der Waals surface area (Å²) in [7, 11) is 1.62. The van der Waals surface area contributed by atoms with Crippen molar-refractivity contribution in [1.82, 2.24) is 14.9 Å². The quantitative estimate of drug-likeness (QED) is 0.217. The molecule has 2 fully saturated rings. The maximum atomic E-state index is 14.6. The summed E-state index contributed by atoms with van der Waals surface area (Å²) in [5.41, 5.74) is 4.29. The second-order valence-corrected chi connectivity index (χ2v) is 12.9. The third-order valence-corrected chi connectivity index (χ3v) is 10.0. The van der Waals surface area contributed by atoms with Crippen LogP contribution in [0.5, 0.6) is 5.75 Å². The van der Waals surface area contributed by atoms with Gasteiger partial charge in [-0.2, -0.15) is 0 Å². The molecule has 2 heterocycles. The summed E-state index contributed by atoms with van der Waals surface area (Å²) in [6.07, 6.45) is 8.08. The fourth-order valence-corrected chi connectivity index (χ4v) is 7.53. The molecule has 6 rings (SSSR count). The summed E-state index contributed by atoms with van der Waals surface area (Å²) >= 11 is 0. The van der Waals surface area contributed by atoms with E-state index >= 15 is 0 Å². The van der Waals surface area contributed by atoms with Crippen LogP contribution < -0.4 is 10.1 Å². The monoisotopic (exact) mass is 578 g/mol. The Kier molecular flexibility index (Phi) is 7.75. The Labute approximate surface area is 254 Å². The van der Waals surface area contributed by atoms with Crippen molar-refractivity contribution in [3.05, 3.63) is 89.9 Å². The number of H-pyrrole nitrogens is 1. The number of carbonyl (C=O) groups excluding carboxylic acids is 2. The van der Waals surface area contributed by atoms with Crippen LogP contribution in [-0.2, 0) is 16.1 Å². The van der Waals surface area contributed by atoms with Crippen molar-refractivity contribution in [2.45, 2.75) is 77.3 Å². The fourth-order valence-electron chi connectivity index (χ4n) is 7.53. The molecule has 0 unspecified atom stereocenters. The smallest absolute Gasteiger partial charge is 0.250 e. The number of pyridine rings is 1. The van der Waals surface area contributed by atoms with E-state index in [2.05, 4.69) is 60.3 Å². The summed E-state index contributed by atoms with van der Waals surface area (Å²) in [5, 5.41) is 4.40. The zero-order valence-corrected chi connectivity index (χ0v) is 25.7. The Bertz CT molecular complexity index is 1600. The molecule has 7 nitrogen and oxygen atoms in total. The first kappa shape index (κ1) is 29.0. The Morgan fingerprint density at radius 2 is 1.77 bits per heavy atom. The molecule has 0 radical (unpaired) electrons. The lowest BCUT2D eigenvalue weighted by Crippen LogP contribution is -2.59. The molecule has 7 heteroatoms. The average Bonchev–Trinajstić information content (AvgIpc) is 3.37. The minimum absolute atomic E-state index is 0.0313. The van der Waals surface area contributed by atoms with E-state index in [1.54, 1.807) is 19.5 Å². The molecule has 2 atom stereocenters. The number of aromatic amines is 1. The van der Waals surface area contributed by atoms with Crippen LogP contribution in [0.1, 0.15) is 75.1 Å². The van der Waals surface area contributed by atoms with Crippen molar-refractivity contribution in [2.75, 3.05) is 12.4 Å². The van der Waals surface area contributed by atoms with Crippen molar-refractivity contribution < 1.29 is 14.3 Å². The second kappa shape index (κ2) is 11.5. The van der Waals surface area contributed by atoms with Gasteiger partial charge in [-0.05, 0) is 84.5 Å². The van der Waals surface area contributed by atoms with Crippen LogP contribution >= 0.6 is 0 Å². The molecule has 224 valence electrons. The van der Waals surface area contributed by atoms with Crippen LogP contribution in [0.25, 0.3) is 10.9 Å². The van der Waals surface area contributed by atoms with Crippen molar-refractivity contribution in [1.29, 1.82) is 0 Å². The molecule has 2 amide bonds. The zero-order chi connectivity index (χ0) is 30.2. The van der Waals surface area contributed by atoms with Gasteiger partial charge in [0.25, 0.3) is 0 Å². The molecular formula is C36H42N4O3. The summed E-state index contributed by atoms with van der Waals surface area (Å²) in [5.74, 6) is 1.09. The Morgan fingerprint density at radius 1 is 1.02 bits per heavy atom.